The second-order valence-electron chi connectivity index (χ2n) is 5.39. The van der Waals surface area contributed by atoms with Gasteiger partial charge in [-0.2, -0.15) is 0 Å². The van der Waals surface area contributed by atoms with Crippen LogP contribution in [0.3, 0.4) is 0 Å². The second-order valence-corrected chi connectivity index (χ2v) is 5.39. The number of para-hydroxylation sites is 1. The number of nitrogens with zero attached hydrogens (tertiary/aromatic N) is 2. The molecule has 0 saturated heterocycles. The average molecular weight is 326 g/mol. The Morgan fingerprint density at radius 1 is 1.25 bits per heavy atom. The first-order chi connectivity index (χ1) is 11.5. The molecule has 0 aliphatic carbocycles. The molecule has 0 aromatic heterocycles. The van der Waals surface area contributed by atoms with Crippen molar-refractivity contribution in [3.63, 3.8) is 0 Å². The topological polar surface area (TPSA) is 58.5 Å². The second kappa shape index (κ2) is 8.99. The fraction of sp³-hybridized carbons (Fsp3) is 0.300. The highest BCUT2D eigenvalue weighted by atomic mass is 15.4. The van der Waals surface area contributed by atoms with Gasteiger partial charge in [0.2, 0.25) is 0 Å². The van der Waals surface area contributed by atoms with Crippen LogP contribution >= 0.6 is 0 Å². The number of likely N-dealkylation sites (N-methyl/N-ethyl adjacent to an activating group) is 2. The van der Waals surface area contributed by atoms with Gasteiger partial charge in [-0.1, -0.05) is 56.9 Å². The molecule has 0 amide bonds. The monoisotopic (exact) mass is 326 g/mol. The molecule has 0 atom stereocenters. The largest absolute Gasteiger partial charge is 0.396 e. The lowest BCUT2D eigenvalue weighted by molar-refractivity contribution is 0.451. The zero-order valence-corrected chi connectivity index (χ0v) is 15.5. The van der Waals surface area contributed by atoms with Gasteiger partial charge in [0.05, 0.1) is 11.4 Å². The number of hydrogen-bond acceptors (Lipinski definition) is 4. The molecule has 0 spiro atoms. The van der Waals surface area contributed by atoms with Crippen molar-refractivity contribution in [1.82, 2.24) is 5.01 Å². The zero-order valence-electron chi connectivity index (χ0n) is 15.5. The van der Waals surface area contributed by atoms with E-state index in [-0.39, 0.29) is 0 Å². The molecule has 2 rings (SSSR count). The van der Waals surface area contributed by atoms with Crippen LogP contribution in [0.5, 0.6) is 0 Å². The van der Waals surface area contributed by atoms with Crippen LogP contribution in [-0.2, 0) is 0 Å². The van der Waals surface area contributed by atoms with Crippen molar-refractivity contribution in [2.75, 3.05) is 25.5 Å². The highest BCUT2D eigenvalue weighted by Gasteiger charge is 2.22. The number of fused-ring (bicyclic) bond motifs is 1. The summed E-state index contributed by atoms with van der Waals surface area (Å²) in [5.74, 6) is 6.09. The van der Waals surface area contributed by atoms with E-state index in [0.717, 1.165) is 34.6 Å². The molecule has 4 N–H and O–H groups in total. The molecule has 1 aliphatic rings. The van der Waals surface area contributed by atoms with Crippen LogP contribution in [0.2, 0.25) is 0 Å². The SMILES string of the molecule is C=C/C1=C(\C=C/C)C(/N(C)N)=C(/N)c2ccccc2N(C)C1.CC. The van der Waals surface area contributed by atoms with Crippen LogP contribution in [0.1, 0.15) is 26.3 Å². The van der Waals surface area contributed by atoms with Crippen LogP contribution in [0.4, 0.5) is 5.69 Å². The van der Waals surface area contributed by atoms with E-state index in [2.05, 4.69) is 24.6 Å². The normalized spacial score (nSPS) is 20.7. The first-order valence-electron chi connectivity index (χ1n) is 8.28. The Hall–Kier alpha value is -2.46. The molecule has 4 nitrogen and oxygen atoms in total. The van der Waals surface area contributed by atoms with E-state index < -0.39 is 0 Å². The lowest BCUT2D eigenvalue weighted by Gasteiger charge is -2.30. The number of nitrogens with two attached hydrogens (primary N) is 2. The van der Waals surface area contributed by atoms with Gasteiger partial charge in [0, 0.05) is 37.5 Å². The molecule has 0 saturated carbocycles. The quantitative estimate of drug-likeness (QED) is 0.657. The highest BCUT2D eigenvalue weighted by molar-refractivity contribution is 5.81. The van der Waals surface area contributed by atoms with Gasteiger partial charge < -0.3 is 15.6 Å². The predicted octanol–water partition coefficient (Wildman–Crippen LogP) is 3.65. The fourth-order valence-electron chi connectivity index (χ4n) is 2.79. The van der Waals surface area contributed by atoms with Gasteiger partial charge in [-0.25, -0.2) is 5.84 Å². The minimum absolute atomic E-state index is 0.666. The zero-order chi connectivity index (χ0) is 18.3. The molecule has 130 valence electrons. The Morgan fingerprint density at radius 2 is 1.88 bits per heavy atom. The van der Waals surface area contributed by atoms with E-state index in [1.165, 1.54) is 0 Å². The molecule has 1 aliphatic heterocycles. The van der Waals surface area contributed by atoms with Gasteiger partial charge >= 0.3 is 0 Å². The summed E-state index contributed by atoms with van der Waals surface area (Å²) >= 11 is 0. The summed E-state index contributed by atoms with van der Waals surface area (Å²) in [5.41, 5.74) is 12.1. The number of allylic oxidation sites excluding steroid dienone is 2. The Labute approximate surface area is 146 Å². The summed E-state index contributed by atoms with van der Waals surface area (Å²) in [4.78, 5) is 2.18. The highest BCUT2D eigenvalue weighted by Crippen LogP contribution is 2.33. The summed E-state index contributed by atoms with van der Waals surface area (Å²) in [6.07, 6.45) is 5.89. The maximum Gasteiger partial charge on any atom is 0.0826 e. The van der Waals surface area contributed by atoms with Crippen molar-refractivity contribution < 1.29 is 0 Å². The van der Waals surface area contributed by atoms with E-state index in [4.69, 9.17) is 11.6 Å². The summed E-state index contributed by atoms with van der Waals surface area (Å²) in [7, 11) is 3.86. The summed E-state index contributed by atoms with van der Waals surface area (Å²) < 4.78 is 0. The van der Waals surface area contributed by atoms with Crippen LogP contribution in [-0.4, -0.2) is 25.6 Å². The molecule has 1 heterocycles. The number of hydrogen-bond donors (Lipinski definition) is 2. The van der Waals surface area contributed by atoms with E-state index in [9.17, 15) is 0 Å². The van der Waals surface area contributed by atoms with Crippen LogP contribution in [0.15, 0.2) is 65.9 Å². The Bertz CT molecular complexity index is 666. The van der Waals surface area contributed by atoms with E-state index >= 15 is 0 Å². The van der Waals surface area contributed by atoms with E-state index in [1.54, 1.807) is 12.1 Å². The maximum absolute atomic E-state index is 6.49. The summed E-state index contributed by atoms with van der Waals surface area (Å²) in [5, 5.41) is 1.58. The number of anilines is 1. The Balaban J connectivity index is 0.00000139. The van der Waals surface area contributed by atoms with Crippen LogP contribution in [0, 0.1) is 0 Å². The van der Waals surface area contributed by atoms with Crippen molar-refractivity contribution in [3.05, 3.63) is 71.5 Å². The first kappa shape index (κ1) is 19.6. The summed E-state index contributed by atoms with van der Waals surface area (Å²) in [6, 6.07) is 8.09. The molecule has 24 heavy (non-hydrogen) atoms. The number of hydrazine groups is 1. The van der Waals surface area contributed by atoms with E-state index in [1.807, 2.05) is 57.2 Å². The van der Waals surface area contributed by atoms with Gasteiger partial charge in [0.1, 0.15) is 0 Å². The number of benzene rings is 1. The first-order valence-corrected chi connectivity index (χ1v) is 8.28. The van der Waals surface area contributed by atoms with Gasteiger partial charge in [-0.05, 0) is 18.6 Å². The lowest BCUT2D eigenvalue weighted by Crippen LogP contribution is -2.32. The minimum atomic E-state index is 0.666. The third-order valence-corrected chi connectivity index (χ3v) is 3.80. The molecule has 0 unspecified atom stereocenters. The van der Waals surface area contributed by atoms with Crippen molar-refractivity contribution in [1.29, 1.82) is 0 Å². The Morgan fingerprint density at radius 3 is 2.42 bits per heavy atom. The van der Waals surface area contributed by atoms with Gasteiger partial charge in [-0.15, -0.1) is 0 Å². The van der Waals surface area contributed by atoms with Crippen molar-refractivity contribution in [2.45, 2.75) is 20.8 Å². The smallest absolute Gasteiger partial charge is 0.0826 e. The molecule has 1 aromatic rings. The molecule has 0 bridgehead atoms. The van der Waals surface area contributed by atoms with Crippen LogP contribution < -0.4 is 16.5 Å². The van der Waals surface area contributed by atoms with Crippen molar-refractivity contribution >= 4 is 11.4 Å². The third-order valence-electron chi connectivity index (χ3n) is 3.80. The predicted molar refractivity (Wildman–Crippen MR) is 106 cm³/mol. The van der Waals surface area contributed by atoms with Gasteiger partial charge in [0.15, 0.2) is 0 Å². The summed E-state index contributed by atoms with van der Waals surface area (Å²) in [6.45, 7) is 10.7. The van der Waals surface area contributed by atoms with Crippen LogP contribution in [0.25, 0.3) is 5.70 Å². The maximum atomic E-state index is 6.49. The average Bonchev–Trinajstić information content (AvgIpc) is 2.59. The van der Waals surface area contributed by atoms with Crippen molar-refractivity contribution in [2.24, 2.45) is 11.6 Å². The molecule has 1 aromatic carbocycles. The molecule has 0 radical (unpaired) electrons. The lowest BCUT2D eigenvalue weighted by atomic mass is 9.96. The fourth-order valence-corrected chi connectivity index (χ4v) is 2.79. The third kappa shape index (κ3) is 3.89. The molecule has 0 fully saturated rings. The molecular weight excluding hydrogens is 296 g/mol. The molecular formula is C20H30N4. The van der Waals surface area contributed by atoms with Gasteiger partial charge in [-0.3, -0.25) is 0 Å². The Kier molecular flexibility index (Phi) is 7.33. The number of rotatable bonds is 3. The molecule has 4 heteroatoms. The van der Waals surface area contributed by atoms with E-state index in [0.29, 0.717) is 5.70 Å². The minimum Gasteiger partial charge on any atom is -0.396 e. The standard InChI is InChI=1S/C18H24N4.C2H6/c1-5-9-14-13(6-2)12-21(3)16-11-8-7-10-15(16)17(19)18(14)22(4)20;1-2/h5-11H,2,12,19-20H2,1,3-4H3;1-2H3/b9-5-,14-13-,18-17-;. The van der Waals surface area contributed by atoms with Gasteiger partial charge in [0.25, 0.3) is 0 Å². The van der Waals surface area contributed by atoms with Crippen molar-refractivity contribution in [3.8, 4) is 0 Å².